The van der Waals surface area contributed by atoms with Crippen molar-refractivity contribution >= 4 is 28.8 Å². The van der Waals surface area contributed by atoms with E-state index in [1.165, 1.54) is 11.8 Å². The molecule has 0 bridgehead atoms. The highest BCUT2D eigenvalue weighted by Crippen LogP contribution is 2.46. The second-order valence-electron chi connectivity index (χ2n) is 9.56. The Balaban J connectivity index is 1.48. The zero-order chi connectivity index (χ0) is 27.4. The highest BCUT2D eigenvalue weighted by atomic mass is 32.2. The van der Waals surface area contributed by atoms with Gasteiger partial charge in [0.15, 0.2) is 16.7 Å². The maximum Gasteiger partial charge on any atom is 0.338 e. The molecule has 1 atom stereocenters. The molecule has 1 fully saturated rings. The van der Waals surface area contributed by atoms with Crippen molar-refractivity contribution in [2.24, 2.45) is 4.99 Å². The van der Waals surface area contributed by atoms with Gasteiger partial charge in [-0.15, -0.1) is 0 Å². The zero-order valence-electron chi connectivity index (χ0n) is 22.5. The van der Waals surface area contributed by atoms with Crippen LogP contribution in [0.2, 0.25) is 0 Å². The molecule has 0 saturated carbocycles. The van der Waals surface area contributed by atoms with E-state index in [0.29, 0.717) is 29.4 Å². The van der Waals surface area contributed by atoms with Gasteiger partial charge < -0.3 is 24.0 Å². The van der Waals surface area contributed by atoms with Crippen molar-refractivity contribution in [3.05, 3.63) is 82.0 Å². The average molecular weight is 548 g/mol. The van der Waals surface area contributed by atoms with E-state index >= 15 is 0 Å². The van der Waals surface area contributed by atoms with E-state index < -0.39 is 12.0 Å². The van der Waals surface area contributed by atoms with E-state index in [-0.39, 0.29) is 18.9 Å². The molecule has 9 heteroatoms. The van der Waals surface area contributed by atoms with Gasteiger partial charge >= 0.3 is 5.97 Å². The summed E-state index contributed by atoms with van der Waals surface area (Å²) in [6.45, 7) is 5.84. The SMILES string of the molecule is CCOC(=O)C1=C(C)N=C2SC=C(CC(=O)N3CCCC3)N2C1c1ccc(OCc2ccccc2)c(OC)c1. The lowest BCUT2D eigenvalue weighted by Gasteiger charge is -2.36. The van der Waals surface area contributed by atoms with Gasteiger partial charge in [0.2, 0.25) is 5.91 Å². The van der Waals surface area contributed by atoms with E-state index in [1.807, 2.05) is 70.7 Å². The lowest BCUT2D eigenvalue weighted by atomic mass is 9.93. The number of aliphatic imine (C=N–C) groups is 1. The van der Waals surface area contributed by atoms with Gasteiger partial charge in [-0.2, -0.15) is 0 Å². The molecule has 1 amide bonds. The minimum Gasteiger partial charge on any atom is -0.493 e. The van der Waals surface area contributed by atoms with Crippen LogP contribution in [0.5, 0.6) is 11.5 Å². The van der Waals surface area contributed by atoms with Crippen LogP contribution >= 0.6 is 11.8 Å². The maximum atomic E-state index is 13.3. The van der Waals surface area contributed by atoms with Crippen molar-refractivity contribution in [3.63, 3.8) is 0 Å². The summed E-state index contributed by atoms with van der Waals surface area (Å²) in [5.41, 5.74) is 3.73. The average Bonchev–Trinajstić information content (AvgIpc) is 3.62. The summed E-state index contributed by atoms with van der Waals surface area (Å²) in [5, 5.41) is 2.70. The number of thioether (sulfide) groups is 1. The second-order valence-corrected chi connectivity index (χ2v) is 10.4. The quantitative estimate of drug-likeness (QED) is 0.388. The Morgan fingerprint density at radius 2 is 1.85 bits per heavy atom. The normalized spacial score (nSPS) is 18.5. The van der Waals surface area contributed by atoms with Crippen LogP contribution in [-0.2, 0) is 20.9 Å². The molecule has 2 aromatic rings. The number of likely N-dealkylation sites (tertiary alicyclic amines) is 1. The van der Waals surface area contributed by atoms with Gasteiger partial charge in [0, 0.05) is 18.8 Å². The summed E-state index contributed by atoms with van der Waals surface area (Å²) in [5.74, 6) is 0.821. The first-order chi connectivity index (χ1) is 19.0. The summed E-state index contributed by atoms with van der Waals surface area (Å²) in [6, 6.07) is 15.1. The molecule has 3 aliphatic heterocycles. The van der Waals surface area contributed by atoms with E-state index in [4.69, 9.17) is 19.2 Å². The molecule has 0 radical (unpaired) electrons. The van der Waals surface area contributed by atoms with Crippen molar-refractivity contribution in [1.82, 2.24) is 9.80 Å². The van der Waals surface area contributed by atoms with Crippen LogP contribution in [0.3, 0.4) is 0 Å². The number of methoxy groups -OCH3 is 1. The number of hydrogen-bond acceptors (Lipinski definition) is 8. The van der Waals surface area contributed by atoms with Gasteiger partial charge in [-0.1, -0.05) is 48.2 Å². The van der Waals surface area contributed by atoms with Gasteiger partial charge in [0.25, 0.3) is 0 Å². The van der Waals surface area contributed by atoms with E-state index in [1.54, 1.807) is 14.0 Å². The molecule has 0 spiro atoms. The third kappa shape index (κ3) is 5.68. The molecule has 0 aliphatic carbocycles. The number of rotatable bonds is 9. The summed E-state index contributed by atoms with van der Waals surface area (Å²) < 4.78 is 17.3. The Hall–Kier alpha value is -3.72. The van der Waals surface area contributed by atoms with Gasteiger partial charge in [0.05, 0.1) is 37.4 Å². The van der Waals surface area contributed by atoms with Crippen molar-refractivity contribution < 1.29 is 23.8 Å². The first-order valence-corrected chi connectivity index (χ1v) is 14.1. The van der Waals surface area contributed by atoms with Crippen LogP contribution in [0, 0.1) is 0 Å². The Morgan fingerprint density at radius 3 is 2.56 bits per heavy atom. The number of esters is 1. The molecular formula is C30H33N3O5S. The number of ether oxygens (including phenoxy) is 3. The van der Waals surface area contributed by atoms with Gasteiger partial charge in [-0.3, -0.25) is 4.79 Å². The first-order valence-electron chi connectivity index (χ1n) is 13.2. The smallest absolute Gasteiger partial charge is 0.338 e. The van der Waals surface area contributed by atoms with Crippen molar-refractivity contribution in [1.29, 1.82) is 0 Å². The number of carbonyl (C=O) groups excluding carboxylic acids is 2. The lowest BCUT2D eigenvalue weighted by Crippen LogP contribution is -2.38. The molecule has 0 N–H and O–H groups in total. The third-order valence-corrected chi connectivity index (χ3v) is 7.92. The Labute approximate surface area is 233 Å². The Morgan fingerprint density at radius 1 is 1.08 bits per heavy atom. The summed E-state index contributed by atoms with van der Waals surface area (Å²) in [6.07, 6.45) is 2.31. The van der Waals surface area contributed by atoms with E-state index in [9.17, 15) is 9.59 Å². The van der Waals surface area contributed by atoms with Crippen molar-refractivity contribution in [2.75, 3.05) is 26.8 Å². The van der Waals surface area contributed by atoms with Crippen LogP contribution < -0.4 is 9.47 Å². The number of allylic oxidation sites excluding steroid dienone is 1. The molecule has 0 aromatic heterocycles. The molecule has 1 saturated heterocycles. The monoisotopic (exact) mass is 547 g/mol. The minimum absolute atomic E-state index is 0.0885. The summed E-state index contributed by atoms with van der Waals surface area (Å²) in [4.78, 5) is 35.0. The Bertz CT molecular complexity index is 1330. The fourth-order valence-electron chi connectivity index (χ4n) is 5.10. The van der Waals surface area contributed by atoms with E-state index in [0.717, 1.165) is 47.9 Å². The molecule has 204 valence electrons. The highest BCUT2D eigenvalue weighted by Gasteiger charge is 2.41. The van der Waals surface area contributed by atoms with Crippen LogP contribution in [0.4, 0.5) is 0 Å². The fraction of sp³-hybridized carbons (Fsp3) is 0.367. The number of carbonyl (C=O) groups is 2. The first kappa shape index (κ1) is 26.9. The predicted molar refractivity (Wildman–Crippen MR) is 151 cm³/mol. The van der Waals surface area contributed by atoms with Crippen LogP contribution in [-0.4, -0.2) is 53.7 Å². The molecule has 8 nitrogen and oxygen atoms in total. The molecule has 39 heavy (non-hydrogen) atoms. The number of benzene rings is 2. The van der Waals surface area contributed by atoms with Gasteiger partial charge in [-0.05, 0) is 55.4 Å². The Kier molecular flexibility index (Phi) is 8.26. The largest absolute Gasteiger partial charge is 0.493 e. The van der Waals surface area contributed by atoms with Crippen molar-refractivity contribution in [2.45, 2.75) is 45.8 Å². The number of fused-ring (bicyclic) bond motifs is 1. The number of nitrogens with zero attached hydrogens (tertiary/aromatic N) is 3. The standard InChI is InChI=1S/C30H33N3O5S/c1-4-37-29(35)27-20(2)31-30-33(23(19-39-30)17-26(34)32-14-8-9-15-32)28(27)22-12-13-24(25(16-22)36-3)38-18-21-10-6-5-7-11-21/h5-7,10-13,16,19,28H,4,8-9,14-15,17-18H2,1-3H3. The summed E-state index contributed by atoms with van der Waals surface area (Å²) in [7, 11) is 1.60. The van der Waals surface area contributed by atoms with Gasteiger partial charge in [0.1, 0.15) is 6.61 Å². The minimum atomic E-state index is -0.527. The van der Waals surface area contributed by atoms with Crippen LogP contribution in [0.15, 0.2) is 75.9 Å². The number of hydrogen-bond donors (Lipinski definition) is 0. The fourth-order valence-corrected chi connectivity index (χ4v) is 6.06. The lowest BCUT2D eigenvalue weighted by molar-refractivity contribution is -0.139. The third-order valence-electron chi connectivity index (χ3n) is 7.03. The van der Waals surface area contributed by atoms with Crippen LogP contribution in [0.25, 0.3) is 0 Å². The summed E-state index contributed by atoms with van der Waals surface area (Å²) >= 11 is 1.47. The van der Waals surface area contributed by atoms with E-state index in [2.05, 4.69) is 0 Å². The highest BCUT2D eigenvalue weighted by molar-refractivity contribution is 8.16. The van der Waals surface area contributed by atoms with Crippen molar-refractivity contribution in [3.8, 4) is 11.5 Å². The molecule has 1 unspecified atom stereocenters. The molecule has 2 aromatic carbocycles. The molecule has 3 aliphatic rings. The van der Waals surface area contributed by atoms with Gasteiger partial charge in [-0.25, -0.2) is 9.79 Å². The number of amides is 1. The maximum absolute atomic E-state index is 13.3. The molecular weight excluding hydrogens is 514 g/mol. The number of amidine groups is 1. The molecule has 5 rings (SSSR count). The second kappa shape index (κ2) is 12.0. The topological polar surface area (TPSA) is 80.7 Å². The predicted octanol–water partition coefficient (Wildman–Crippen LogP) is 5.42. The van der Waals surface area contributed by atoms with Crippen LogP contribution in [0.1, 0.15) is 50.3 Å². The zero-order valence-corrected chi connectivity index (χ0v) is 23.3. The molecule has 3 heterocycles.